The molecule has 1 N–H and O–H groups in total. The van der Waals surface area contributed by atoms with Gasteiger partial charge >= 0.3 is 0 Å². The van der Waals surface area contributed by atoms with E-state index in [1.54, 1.807) is 0 Å². The predicted molar refractivity (Wildman–Crippen MR) is 74.4 cm³/mol. The molecule has 3 heteroatoms. The van der Waals surface area contributed by atoms with Gasteiger partial charge in [0.05, 0.1) is 5.02 Å². The van der Waals surface area contributed by atoms with Crippen LogP contribution in [-0.2, 0) is 6.42 Å². The van der Waals surface area contributed by atoms with Crippen LogP contribution in [0.15, 0.2) is 12.1 Å². The van der Waals surface area contributed by atoms with Crippen molar-refractivity contribution in [1.29, 1.82) is 0 Å². The molecule has 1 aliphatic heterocycles. The molecule has 1 saturated carbocycles. The fourth-order valence-electron chi connectivity index (χ4n) is 3.79. The van der Waals surface area contributed by atoms with Crippen molar-refractivity contribution in [2.75, 3.05) is 13.6 Å². The molecule has 1 aromatic carbocycles. The molecular weight excluding hydrogens is 246 g/mol. The summed E-state index contributed by atoms with van der Waals surface area (Å²) in [6.07, 6.45) is 3.58. The van der Waals surface area contributed by atoms with E-state index in [1.807, 2.05) is 12.1 Å². The lowest BCUT2D eigenvalue weighted by Crippen LogP contribution is -2.33. The molecule has 3 rings (SSSR count). The van der Waals surface area contributed by atoms with E-state index < -0.39 is 0 Å². The van der Waals surface area contributed by atoms with Gasteiger partial charge in [0.1, 0.15) is 5.75 Å². The van der Waals surface area contributed by atoms with Crippen LogP contribution >= 0.6 is 11.6 Å². The van der Waals surface area contributed by atoms with Crippen LogP contribution in [0.5, 0.6) is 5.75 Å². The summed E-state index contributed by atoms with van der Waals surface area (Å²) in [5.74, 6) is 1.48. The summed E-state index contributed by atoms with van der Waals surface area (Å²) in [4.78, 5) is 2.49. The third kappa shape index (κ3) is 1.83. The third-order valence-electron chi connectivity index (χ3n) is 4.81. The lowest BCUT2D eigenvalue weighted by molar-refractivity contribution is 0.231. The molecule has 0 amide bonds. The van der Waals surface area contributed by atoms with Crippen molar-refractivity contribution in [1.82, 2.24) is 4.90 Å². The molecule has 1 aromatic rings. The van der Waals surface area contributed by atoms with Crippen LogP contribution in [-0.4, -0.2) is 29.6 Å². The van der Waals surface area contributed by atoms with Crippen molar-refractivity contribution in [3.63, 3.8) is 0 Å². The average Bonchev–Trinajstić information content (AvgIpc) is 2.65. The van der Waals surface area contributed by atoms with Gasteiger partial charge < -0.3 is 10.0 Å². The van der Waals surface area contributed by atoms with Crippen molar-refractivity contribution in [2.45, 2.75) is 38.1 Å². The number of aromatic hydroxyl groups is 1. The zero-order valence-electron chi connectivity index (χ0n) is 11.0. The maximum atomic E-state index is 9.89. The van der Waals surface area contributed by atoms with Crippen molar-refractivity contribution in [2.24, 2.45) is 5.92 Å². The summed E-state index contributed by atoms with van der Waals surface area (Å²) < 4.78 is 0. The van der Waals surface area contributed by atoms with Crippen LogP contribution < -0.4 is 0 Å². The topological polar surface area (TPSA) is 23.5 Å². The number of halogens is 1. The Bertz CT molecular complexity index is 474. The second kappa shape index (κ2) is 4.43. The number of likely N-dealkylation sites (N-methyl/N-ethyl adjacent to an activating group) is 1. The number of phenols is 1. The Morgan fingerprint density at radius 2 is 2.11 bits per heavy atom. The maximum absolute atomic E-state index is 9.89. The second-order valence-corrected chi connectivity index (χ2v) is 6.29. The lowest BCUT2D eigenvalue weighted by Gasteiger charge is -2.29. The van der Waals surface area contributed by atoms with Gasteiger partial charge in [-0.3, -0.25) is 0 Å². The van der Waals surface area contributed by atoms with E-state index in [0.717, 1.165) is 13.0 Å². The first-order valence-corrected chi connectivity index (χ1v) is 7.17. The molecule has 1 aliphatic carbocycles. The minimum Gasteiger partial charge on any atom is -0.506 e. The van der Waals surface area contributed by atoms with Crippen LogP contribution in [0.3, 0.4) is 0 Å². The zero-order valence-corrected chi connectivity index (χ0v) is 11.7. The minimum absolute atomic E-state index is 0.234. The number of phenolic OH excluding ortho intramolecular Hbond substituents is 1. The van der Waals surface area contributed by atoms with Crippen LogP contribution in [0, 0.1) is 5.92 Å². The van der Waals surface area contributed by atoms with E-state index in [9.17, 15) is 5.11 Å². The molecule has 0 radical (unpaired) electrons. The number of hydrogen-bond donors (Lipinski definition) is 1. The highest BCUT2D eigenvalue weighted by Gasteiger charge is 2.39. The standard InChI is InChI=1S/C15H20ClNO/c1-9-3-4-13-15(9)11-8-14(18)12(16)7-10(11)5-6-17(13)2/h7-9,13,15,18H,3-6H2,1-2H3. The molecule has 98 valence electrons. The maximum Gasteiger partial charge on any atom is 0.134 e. The zero-order chi connectivity index (χ0) is 12.9. The molecule has 1 fully saturated rings. The first kappa shape index (κ1) is 12.3. The normalized spacial score (nSPS) is 31.8. The van der Waals surface area contributed by atoms with Gasteiger partial charge in [-0.25, -0.2) is 0 Å². The number of rotatable bonds is 0. The lowest BCUT2D eigenvalue weighted by atomic mass is 9.85. The summed E-state index contributed by atoms with van der Waals surface area (Å²) in [7, 11) is 2.23. The second-order valence-electron chi connectivity index (χ2n) is 5.88. The highest BCUT2D eigenvalue weighted by molar-refractivity contribution is 6.32. The van der Waals surface area contributed by atoms with Crippen molar-refractivity contribution in [3.8, 4) is 5.75 Å². The van der Waals surface area contributed by atoms with E-state index in [1.165, 1.54) is 24.0 Å². The molecule has 0 aromatic heterocycles. The van der Waals surface area contributed by atoms with Gasteiger partial charge in [-0.1, -0.05) is 18.5 Å². The Labute approximate surface area is 114 Å². The summed E-state index contributed by atoms with van der Waals surface area (Å²) >= 11 is 6.05. The first-order chi connectivity index (χ1) is 8.58. The summed E-state index contributed by atoms with van der Waals surface area (Å²) in [5, 5.41) is 10.4. The van der Waals surface area contributed by atoms with Crippen LogP contribution in [0.25, 0.3) is 0 Å². The largest absolute Gasteiger partial charge is 0.506 e. The van der Waals surface area contributed by atoms with E-state index >= 15 is 0 Å². The van der Waals surface area contributed by atoms with Crippen molar-refractivity contribution < 1.29 is 5.11 Å². The fraction of sp³-hybridized carbons (Fsp3) is 0.600. The Hall–Kier alpha value is -0.730. The van der Waals surface area contributed by atoms with E-state index in [2.05, 4.69) is 18.9 Å². The highest BCUT2D eigenvalue weighted by atomic mass is 35.5. The predicted octanol–water partition coefficient (Wildman–Crippen LogP) is 3.42. The number of fused-ring (bicyclic) bond motifs is 3. The fourth-order valence-corrected chi connectivity index (χ4v) is 3.98. The van der Waals surface area contributed by atoms with Crippen molar-refractivity contribution in [3.05, 3.63) is 28.3 Å². The monoisotopic (exact) mass is 265 g/mol. The molecule has 0 saturated heterocycles. The molecule has 0 spiro atoms. The Balaban J connectivity index is 2.12. The Kier molecular flexibility index (Phi) is 3.03. The van der Waals surface area contributed by atoms with Gasteiger partial charge in [-0.2, -0.15) is 0 Å². The van der Waals surface area contributed by atoms with Gasteiger partial charge in [0.15, 0.2) is 0 Å². The van der Waals surface area contributed by atoms with Crippen molar-refractivity contribution >= 4 is 11.6 Å². The summed E-state index contributed by atoms with van der Waals surface area (Å²) in [6, 6.07) is 4.51. The SMILES string of the molecule is CC1CCC2C1c1cc(O)c(Cl)cc1CCN2C. The smallest absolute Gasteiger partial charge is 0.134 e. The number of benzene rings is 1. The van der Waals surface area contributed by atoms with Gasteiger partial charge in [-0.15, -0.1) is 0 Å². The van der Waals surface area contributed by atoms with E-state index in [-0.39, 0.29) is 5.75 Å². The van der Waals surface area contributed by atoms with Crippen LogP contribution in [0.1, 0.15) is 36.8 Å². The van der Waals surface area contributed by atoms with Gasteiger partial charge in [-0.05, 0) is 55.5 Å². The van der Waals surface area contributed by atoms with E-state index in [4.69, 9.17) is 11.6 Å². The average molecular weight is 266 g/mol. The highest BCUT2D eigenvalue weighted by Crippen LogP contribution is 2.46. The van der Waals surface area contributed by atoms with Gasteiger partial charge in [0, 0.05) is 18.5 Å². The molecule has 1 heterocycles. The number of nitrogens with zero attached hydrogens (tertiary/aromatic N) is 1. The molecule has 2 aliphatic rings. The molecule has 3 unspecified atom stereocenters. The van der Waals surface area contributed by atoms with E-state index in [0.29, 0.717) is 22.9 Å². The quantitative estimate of drug-likeness (QED) is 0.777. The molecular formula is C15H20ClNO. The Morgan fingerprint density at radius 3 is 2.89 bits per heavy atom. The third-order valence-corrected chi connectivity index (χ3v) is 5.12. The van der Waals surface area contributed by atoms with Gasteiger partial charge in [0.25, 0.3) is 0 Å². The first-order valence-electron chi connectivity index (χ1n) is 6.79. The molecule has 3 atom stereocenters. The minimum atomic E-state index is 0.234. The molecule has 18 heavy (non-hydrogen) atoms. The Morgan fingerprint density at radius 1 is 1.33 bits per heavy atom. The summed E-state index contributed by atoms with van der Waals surface area (Å²) in [5.41, 5.74) is 2.65. The number of hydrogen-bond acceptors (Lipinski definition) is 2. The molecule has 2 nitrogen and oxygen atoms in total. The van der Waals surface area contributed by atoms with Crippen LogP contribution in [0.2, 0.25) is 5.02 Å². The van der Waals surface area contributed by atoms with Gasteiger partial charge in [0.2, 0.25) is 0 Å². The van der Waals surface area contributed by atoms with Crippen LogP contribution in [0.4, 0.5) is 0 Å². The summed E-state index contributed by atoms with van der Waals surface area (Å²) in [6.45, 7) is 3.42. The molecule has 0 bridgehead atoms.